The minimum atomic E-state index is -0.487. The zero-order chi connectivity index (χ0) is 24.6. The van der Waals surface area contributed by atoms with Crippen LogP contribution in [0.1, 0.15) is 82.3 Å². The molecule has 1 unspecified atom stereocenters. The summed E-state index contributed by atoms with van der Waals surface area (Å²) in [6.45, 7) is 3.00. The minimum absolute atomic E-state index is 0.288. The van der Waals surface area contributed by atoms with Crippen LogP contribution in [0.15, 0.2) is 59.6 Å². The normalized spacial score (nSPS) is 15.2. The number of rotatable bonds is 18. The van der Waals surface area contributed by atoms with E-state index >= 15 is 0 Å². The van der Waals surface area contributed by atoms with Gasteiger partial charge in [0.25, 0.3) is 0 Å². The topological polar surface area (TPSA) is 47.9 Å². The van der Waals surface area contributed by atoms with Gasteiger partial charge in [-0.1, -0.05) is 95.0 Å². The Balaban J connectivity index is 1.22. The van der Waals surface area contributed by atoms with Crippen molar-refractivity contribution in [3.05, 3.63) is 65.7 Å². The van der Waals surface area contributed by atoms with E-state index in [1.165, 1.54) is 70.0 Å². The summed E-state index contributed by atoms with van der Waals surface area (Å²) in [5, 5.41) is 0. The van der Waals surface area contributed by atoms with E-state index in [0.717, 1.165) is 29.2 Å². The number of ether oxygens (including phenoxy) is 2. The number of hydrogen-bond donors (Lipinski definition) is 0. The fraction of sp³-hybridized carbons (Fsp3) is 0.533. The highest BCUT2D eigenvalue weighted by atomic mass is 32.2. The van der Waals surface area contributed by atoms with E-state index in [2.05, 4.69) is 11.9 Å². The first-order valence-electron chi connectivity index (χ1n) is 13.4. The van der Waals surface area contributed by atoms with Crippen molar-refractivity contribution < 1.29 is 14.3 Å². The second kappa shape index (κ2) is 16.4. The van der Waals surface area contributed by atoms with Gasteiger partial charge in [-0.25, -0.2) is 9.79 Å². The zero-order valence-corrected chi connectivity index (χ0v) is 22.1. The Hall–Kier alpha value is -2.27. The van der Waals surface area contributed by atoms with Crippen LogP contribution in [0.5, 0.6) is 5.75 Å². The molecule has 0 fully saturated rings. The summed E-state index contributed by atoms with van der Waals surface area (Å²) < 4.78 is 11.3. The molecule has 0 aliphatic carbocycles. The van der Waals surface area contributed by atoms with Gasteiger partial charge in [0, 0.05) is 17.7 Å². The fourth-order valence-corrected chi connectivity index (χ4v) is 5.00. The van der Waals surface area contributed by atoms with Crippen molar-refractivity contribution in [1.29, 1.82) is 0 Å². The third kappa shape index (κ3) is 10.5. The van der Waals surface area contributed by atoms with Gasteiger partial charge in [0.1, 0.15) is 5.75 Å². The lowest BCUT2D eigenvalue weighted by atomic mass is 10.1. The van der Waals surface area contributed by atoms with Gasteiger partial charge in [-0.3, -0.25) is 0 Å². The predicted molar refractivity (Wildman–Crippen MR) is 148 cm³/mol. The van der Waals surface area contributed by atoms with Crippen molar-refractivity contribution in [2.24, 2.45) is 4.99 Å². The molecule has 1 atom stereocenters. The Morgan fingerprint density at radius 3 is 2.17 bits per heavy atom. The highest BCUT2D eigenvalue weighted by molar-refractivity contribution is 7.99. The molecular formula is C30H41NO3S. The number of nitrogens with zero attached hydrogens (tertiary/aromatic N) is 1. The van der Waals surface area contributed by atoms with Crippen LogP contribution in [0.2, 0.25) is 0 Å². The van der Waals surface area contributed by atoms with E-state index < -0.39 is 6.04 Å². The smallest absolute Gasteiger partial charge is 0.338 e. The standard InChI is InChI=1S/C30H41NO3S/c1-2-3-4-5-6-7-8-9-10-14-22-35-23-21-33-27-19-17-25(18-20-27)24-28-30(32)34-29(31-28)26-15-12-11-13-16-26/h11-13,15-20,28H,2-10,14,21-24H2,1H3. The van der Waals surface area contributed by atoms with Gasteiger partial charge in [-0.15, -0.1) is 0 Å². The third-order valence-corrected chi connectivity index (χ3v) is 7.29. The monoisotopic (exact) mass is 495 g/mol. The van der Waals surface area contributed by atoms with Crippen LogP contribution in [0.4, 0.5) is 0 Å². The summed E-state index contributed by atoms with van der Waals surface area (Å²) in [4.78, 5) is 16.7. The Labute approximate surface area is 215 Å². The zero-order valence-electron chi connectivity index (χ0n) is 21.3. The lowest BCUT2D eigenvalue weighted by Crippen LogP contribution is -2.17. The molecule has 3 rings (SSSR count). The van der Waals surface area contributed by atoms with Crippen molar-refractivity contribution in [1.82, 2.24) is 0 Å². The van der Waals surface area contributed by atoms with Gasteiger partial charge < -0.3 is 9.47 Å². The number of cyclic esters (lactones) is 1. The Morgan fingerprint density at radius 1 is 0.829 bits per heavy atom. The maximum Gasteiger partial charge on any atom is 0.338 e. The SMILES string of the molecule is CCCCCCCCCCCCSCCOc1ccc(CC2N=C(c3ccccc3)OC2=O)cc1. The second-order valence-electron chi connectivity index (χ2n) is 9.23. The molecule has 1 heterocycles. The molecule has 4 nitrogen and oxygen atoms in total. The van der Waals surface area contributed by atoms with E-state index in [0.29, 0.717) is 12.3 Å². The van der Waals surface area contributed by atoms with Crippen molar-refractivity contribution in [3.8, 4) is 5.75 Å². The van der Waals surface area contributed by atoms with Gasteiger partial charge >= 0.3 is 5.97 Å². The van der Waals surface area contributed by atoms with Gasteiger partial charge in [-0.05, 0) is 42.0 Å². The molecule has 0 bridgehead atoms. The van der Waals surface area contributed by atoms with E-state index in [-0.39, 0.29) is 5.97 Å². The van der Waals surface area contributed by atoms with Crippen LogP contribution in [-0.4, -0.2) is 36.0 Å². The van der Waals surface area contributed by atoms with Gasteiger partial charge in [0.2, 0.25) is 5.90 Å². The molecule has 1 aliphatic heterocycles. The van der Waals surface area contributed by atoms with E-state index in [9.17, 15) is 4.79 Å². The number of esters is 1. The van der Waals surface area contributed by atoms with E-state index in [1.54, 1.807) is 0 Å². The van der Waals surface area contributed by atoms with Crippen molar-refractivity contribution in [2.45, 2.75) is 83.6 Å². The summed E-state index contributed by atoms with van der Waals surface area (Å²) in [5.74, 6) is 3.24. The molecule has 5 heteroatoms. The molecule has 2 aromatic carbocycles. The molecule has 0 amide bonds. The van der Waals surface area contributed by atoms with Crippen LogP contribution >= 0.6 is 11.8 Å². The number of unbranched alkanes of at least 4 members (excludes halogenated alkanes) is 9. The van der Waals surface area contributed by atoms with Gasteiger partial charge in [0.15, 0.2) is 6.04 Å². The van der Waals surface area contributed by atoms with Crippen LogP contribution in [-0.2, 0) is 16.0 Å². The summed E-state index contributed by atoms with van der Waals surface area (Å²) in [6, 6.07) is 17.0. The Morgan fingerprint density at radius 2 is 1.49 bits per heavy atom. The molecule has 0 radical (unpaired) electrons. The Kier molecular flexibility index (Phi) is 12.8. The number of carbonyl (C=O) groups excluding carboxylic acids is 1. The Bertz CT molecular complexity index is 882. The van der Waals surface area contributed by atoms with E-state index in [4.69, 9.17) is 9.47 Å². The average molecular weight is 496 g/mol. The van der Waals surface area contributed by atoms with Gasteiger partial charge in [0.05, 0.1) is 6.61 Å². The quantitative estimate of drug-likeness (QED) is 0.157. The number of hydrogen-bond acceptors (Lipinski definition) is 5. The fourth-order valence-electron chi connectivity index (χ4n) is 4.18. The largest absolute Gasteiger partial charge is 0.493 e. The second-order valence-corrected chi connectivity index (χ2v) is 10.5. The van der Waals surface area contributed by atoms with Crippen molar-refractivity contribution in [2.75, 3.05) is 18.1 Å². The summed E-state index contributed by atoms with van der Waals surface area (Å²) in [7, 11) is 0. The predicted octanol–water partition coefficient (Wildman–Crippen LogP) is 7.63. The van der Waals surface area contributed by atoms with Crippen LogP contribution in [0, 0.1) is 0 Å². The molecule has 0 aromatic heterocycles. The first-order chi connectivity index (χ1) is 17.3. The number of aliphatic imine (C=N–C) groups is 1. The molecule has 1 aliphatic rings. The maximum absolute atomic E-state index is 12.2. The number of carbonyl (C=O) groups is 1. The molecule has 0 N–H and O–H groups in total. The summed E-state index contributed by atoms with van der Waals surface area (Å²) in [6.07, 6.45) is 14.4. The summed E-state index contributed by atoms with van der Waals surface area (Å²) >= 11 is 1.98. The van der Waals surface area contributed by atoms with E-state index in [1.807, 2.05) is 66.4 Å². The molecule has 2 aromatic rings. The maximum atomic E-state index is 12.2. The lowest BCUT2D eigenvalue weighted by Gasteiger charge is -2.08. The minimum Gasteiger partial charge on any atom is -0.493 e. The molecule has 0 saturated heterocycles. The van der Waals surface area contributed by atoms with Crippen LogP contribution in [0.25, 0.3) is 0 Å². The highest BCUT2D eigenvalue weighted by Gasteiger charge is 2.29. The van der Waals surface area contributed by atoms with Crippen molar-refractivity contribution >= 4 is 23.6 Å². The first-order valence-corrected chi connectivity index (χ1v) is 14.6. The highest BCUT2D eigenvalue weighted by Crippen LogP contribution is 2.20. The molecule has 0 spiro atoms. The molecule has 190 valence electrons. The number of thioether (sulfide) groups is 1. The molecule has 0 saturated carbocycles. The average Bonchev–Trinajstić information content (AvgIpc) is 3.25. The lowest BCUT2D eigenvalue weighted by molar-refractivity contribution is -0.134. The van der Waals surface area contributed by atoms with Crippen LogP contribution in [0.3, 0.4) is 0 Å². The number of benzene rings is 2. The van der Waals surface area contributed by atoms with Crippen molar-refractivity contribution in [3.63, 3.8) is 0 Å². The summed E-state index contributed by atoms with van der Waals surface area (Å²) in [5.41, 5.74) is 1.88. The molecular weight excluding hydrogens is 454 g/mol. The third-order valence-electron chi connectivity index (χ3n) is 6.25. The first kappa shape index (κ1) is 27.3. The molecule has 35 heavy (non-hydrogen) atoms. The van der Waals surface area contributed by atoms with Gasteiger partial charge in [-0.2, -0.15) is 11.8 Å². The van der Waals surface area contributed by atoms with Crippen LogP contribution < -0.4 is 4.74 Å².